The van der Waals surface area contributed by atoms with Crippen LogP contribution in [0.2, 0.25) is 5.02 Å². The summed E-state index contributed by atoms with van der Waals surface area (Å²) in [5.41, 5.74) is -1.44. The molecule has 1 amide bonds. The number of aliphatic hydroxyl groups excluding tert-OH is 2. The van der Waals surface area contributed by atoms with Crippen molar-refractivity contribution in [3.63, 3.8) is 0 Å². The Morgan fingerprint density at radius 3 is 2.62 bits per heavy atom. The van der Waals surface area contributed by atoms with Crippen LogP contribution >= 0.6 is 11.6 Å². The monoisotopic (exact) mass is 318 g/mol. The van der Waals surface area contributed by atoms with Gasteiger partial charge in [-0.15, -0.1) is 0 Å². The minimum atomic E-state index is -1.79. The van der Waals surface area contributed by atoms with Crippen molar-refractivity contribution in [2.75, 3.05) is 19.7 Å². The fourth-order valence-electron chi connectivity index (χ4n) is 2.36. The molecule has 1 aliphatic heterocycles. The zero-order valence-electron chi connectivity index (χ0n) is 11.2. The van der Waals surface area contributed by atoms with Crippen molar-refractivity contribution >= 4 is 17.7 Å². The molecule has 1 atom stereocenters. The number of halogens is 2. The van der Waals surface area contributed by atoms with E-state index < -0.39 is 24.5 Å². The van der Waals surface area contributed by atoms with Crippen LogP contribution in [-0.4, -0.2) is 51.0 Å². The van der Waals surface area contributed by atoms with E-state index in [0.717, 1.165) is 4.90 Å². The van der Waals surface area contributed by atoms with E-state index in [0.29, 0.717) is 5.56 Å². The topological polar surface area (TPSA) is 93.9 Å². The first-order valence-corrected chi connectivity index (χ1v) is 6.87. The van der Waals surface area contributed by atoms with Crippen LogP contribution in [-0.2, 0) is 5.67 Å². The highest BCUT2D eigenvalue weighted by molar-refractivity contribution is 6.31. The average Bonchev–Trinajstić information content (AvgIpc) is 2.46. The number of nitrogens with zero attached hydrogens (tertiary/aromatic N) is 2. The molecule has 21 heavy (non-hydrogen) atoms. The predicted octanol–water partition coefficient (Wildman–Crippen LogP) is 1.70. The molecule has 1 fully saturated rings. The number of hydrogen-bond acceptors (Lipinski definition) is 4. The molecule has 1 saturated heterocycles. The van der Waals surface area contributed by atoms with E-state index in [-0.39, 0.29) is 36.6 Å². The van der Waals surface area contributed by atoms with Crippen LogP contribution in [0, 0.1) is 0 Å². The molecule has 8 heteroatoms. The summed E-state index contributed by atoms with van der Waals surface area (Å²) in [6.45, 7) is -0.332. The zero-order valence-corrected chi connectivity index (χ0v) is 11.9. The third kappa shape index (κ3) is 3.25. The number of carboxylic acid groups (broad SMARTS) is 1. The summed E-state index contributed by atoms with van der Waals surface area (Å²) in [5.74, 6) is 0. The van der Waals surface area contributed by atoms with E-state index >= 15 is 0 Å². The second kappa shape index (κ2) is 6.13. The fourth-order valence-corrected chi connectivity index (χ4v) is 2.70. The maximum atomic E-state index is 14.9. The molecule has 3 N–H and O–H groups in total. The molecule has 6 nitrogen and oxygen atoms in total. The summed E-state index contributed by atoms with van der Waals surface area (Å²) in [7, 11) is 0. The lowest BCUT2D eigenvalue weighted by Gasteiger charge is -2.35. The lowest BCUT2D eigenvalue weighted by Crippen LogP contribution is -2.43. The number of amides is 1. The molecule has 0 aromatic carbocycles. The van der Waals surface area contributed by atoms with Crippen LogP contribution in [0.25, 0.3) is 0 Å². The van der Waals surface area contributed by atoms with Crippen molar-refractivity contribution < 1.29 is 24.5 Å². The number of likely N-dealkylation sites (tertiary alicyclic amines) is 1. The van der Waals surface area contributed by atoms with E-state index in [4.69, 9.17) is 21.8 Å². The van der Waals surface area contributed by atoms with Gasteiger partial charge in [0.05, 0.1) is 17.3 Å². The van der Waals surface area contributed by atoms with Gasteiger partial charge in [-0.05, 0) is 6.07 Å². The Balaban J connectivity index is 2.20. The molecule has 2 rings (SSSR count). The molecule has 2 heterocycles. The van der Waals surface area contributed by atoms with Crippen molar-refractivity contribution in [2.24, 2.45) is 0 Å². The molecule has 0 spiro atoms. The van der Waals surface area contributed by atoms with Gasteiger partial charge in [0.15, 0.2) is 5.67 Å². The average molecular weight is 319 g/mol. The molecule has 0 radical (unpaired) electrons. The molecule has 116 valence electrons. The largest absolute Gasteiger partial charge is 0.465 e. The van der Waals surface area contributed by atoms with Gasteiger partial charge in [0.25, 0.3) is 0 Å². The number of carbonyl (C=O) groups is 1. The highest BCUT2D eigenvalue weighted by Crippen LogP contribution is 2.39. The van der Waals surface area contributed by atoms with Gasteiger partial charge >= 0.3 is 6.09 Å². The summed E-state index contributed by atoms with van der Waals surface area (Å²) in [4.78, 5) is 15.9. The lowest BCUT2D eigenvalue weighted by atomic mass is 9.89. The molecule has 1 aliphatic rings. The lowest BCUT2D eigenvalue weighted by molar-refractivity contribution is 0.0519. The number of aromatic nitrogens is 1. The summed E-state index contributed by atoms with van der Waals surface area (Å²) >= 11 is 6.03. The summed E-state index contributed by atoms with van der Waals surface area (Å²) < 4.78 is 14.9. The molecule has 0 saturated carbocycles. The van der Waals surface area contributed by atoms with Gasteiger partial charge in [0.1, 0.15) is 6.10 Å². The van der Waals surface area contributed by atoms with Crippen molar-refractivity contribution in [3.8, 4) is 0 Å². The molecule has 1 unspecified atom stereocenters. The number of piperidine rings is 1. The van der Waals surface area contributed by atoms with Crippen LogP contribution < -0.4 is 0 Å². The Labute approximate surface area is 125 Å². The first kappa shape index (κ1) is 15.9. The standard InChI is InChI=1S/C13H16ClFN2O4/c14-9-5-8(10(19)7-18)6-16-11(9)13(15)1-3-17(4-2-13)12(20)21/h5-6,10,18-19H,1-4,7H2,(H,20,21). The number of pyridine rings is 1. The molecular weight excluding hydrogens is 303 g/mol. The van der Waals surface area contributed by atoms with Gasteiger partial charge < -0.3 is 20.2 Å². The second-order valence-electron chi connectivity index (χ2n) is 5.03. The Morgan fingerprint density at radius 2 is 2.14 bits per heavy atom. The number of hydrogen-bond donors (Lipinski definition) is 3. The summed E-state index contributed by atoms with van der Waals surface area (Å²) in [5, 5.41) is 27.3. The first-order valence-electron chi connectivity index (χ1n) is 6.49. The van der Waals surface area contributed by atoms with Crippen LogP contribution in [0.4, 0.5) is 9.18 Å². The maximum absolute atomic E-state index is 14.9. The van der Waals surface area contributed by atoms with E-state index in [2.05, 4.69) is 4.98 Å². The Hall–Kier alpha value is -1.44. The third-order valence-electron chi connectivity index (χ3n) is 3.67. The maximum Gasteiger partial charge on any atom is 0.407 e. The third-order valence-corrected chi connectivity index (χ3v) is 3.96. The normalized spacial score (nSPS) is 19.3. The Morgan fingerprint density at radius 1 is 1.52 bits per heavy atom. The van der Waals surface area contributed by atoms with Gasteiger partial charge in [0, 0.05) is 37.7 Å². The highest BCUT2D eigenvalue weighted by atomic mass is 35.5. The molecular formula is C13H16ClFN2O4. The summed E-state index contributed by atoms with van der Waals surface area (Å²) in [6.07, 6.45) is -0.958. The highest BCUT2D eigenvalue weighted by Gasteiger charge is 2.40. The van der Waals surface area contributed by atoms with Crippen molar-refractivity contribution in [2.45, 2.75) is 24.6 Å². The van der Waals surface area contributed by atoms with Gasteiger partial charge in [-0.1, -0.05) is 11.6 Å². The van der Waals surface area contributed by atoms with Crippen molar-refractivity contribution in [3.05, 3.63) is 28.5 Å². The van der Waals surface area contributed by atoms with Gasteiger partial charge in [-0.25, -0.2) is 9.18 Å². The second-order valence-corrected chi connectivity index (χ2v) is 5.44. The van der Waals surface area contributed by atoms with Crippen molar-refractivity contribution in [1.82, 2.24) is 9.88 Å². The SMILES string of the molecule is O=C(O)N1CCC(F)(c2ncc(C(O)CO)cc2Cl)CC1. The van der Waals surface area contributed by atoms with Gasteiger partial charge in [0.2, 0.25) is 0 Å². The first-order chi connectivity index (χ1) is 9.87. The number of aliphatic hydroxyl groups is 2. The van der Waals surface area contributed by atoms with Crippen LogP contribution in [0.1, 0.15) is 30.2 Å². The smallest absolute Gasteiger partial charge is 0.407 e. The predicted molar refractivity (Wildman–Crippen MR) is 72.9 cm³/mol. The fraction of sp³-hybridized carbons (Fsp3) is 0.538. The molecule has 0 bridgehead atoms. The molecule has 1 aromatic rings. The number of rotatable bonds is 3. The Bertz CT molecular complexity index is 535. The van der Waals surface area contributed by atoms with E-state index in [9.17, 15) is 14.3 Å². The molecule has 1 aromatic heterocycles. The summed E-state index contributed by atoms with van der Waals surface area (Å²) in [6, 6.07) is 1.37. The van der Waals surface area contributed by atoms with E-state index in [1.54, 1.807) is 0 Å². The minimum Gasteiger partial charge on any atom is -0.465 e. The van der Waals surface area contributed by atoms with E-state index in [1.807, 2.05) is 0 Å². The molecule has 0 aliphatic carbocycles. The van der Waals surface area contributed by atoms with Gasteiger partial charge in [-0.2, -0.15) is 0 Å². The number of alkyl halides is 1. The van der Waals surface area contributed by atoms with Crippen molar-refractivity contribution in [1.29, 1.82) is 0 Å². The van der Waals surface area contributed by atoms with Crippen LogP contribution in [0.3, 0.4) is 0 Å². The Kier molecular flexibility index (Phi) is 4.65. The van der Waals surface area contributed by atoms with Crippen LogP contribution in [0.5, 0.6) is 0 Å². The van der Waals surface area contributed by atoms with Gasteiger partial charge in [-0.3, -0.25) is 4.98 Å². The van der Waals surface area contributed by atoms with Crippen LogP contribution in [0.15, 0.2) is 12.3 Å². The minimum absolute atomic E-state index is 0.0199. The quantitative estimate of drug-likeness (QED) is 0.788. The zero-order chi connectivity index (χ0) is 15.6. The van der Waals surface area contributed by atoms with E-state index in [1.165, 1.54) is 12.3 Å².